The molecule has 4 rings (SSSR count). The molecule has 0 saturated carbocycles. The number of phenolic OH excluding ortho intramolecular Hbond substituents is 1. The summed E-state index contributed by atoms with van der Waals surface area (Å²) in [6.45, 7) is 0.634. The third-order valence-electron chi connectivity index (χ3n) is 4.42. The molecule has 136 valence electrons. The number of phenols is 1. The zero-order valence-electron chi connectivity index (χ0n) is 15.3. The molecule has 0 radical (unpaired) electrons. The van der Waals surface area contributed by atoms with Crippen LogP contribution in [0.3, 0.4) is 0 Å². The molecule has 0 unspecified atom stereocenters. The summed E-state index contributed by atoms with van der Waals surface area (Å²) >= 11 is 0. The summed E-state index contributed by atoms with van der Waals surface area (Å²) in [5.74, 6) is 0.148. The molecule has 1 aromatic heterocycles. The van der Waals surface area contributed by atoms with Crippen LogP contribution in [0.1, 0.15) is 5.56 Å². The molecule has 0 aliphatic heterocycles. The van der Waals surface area contributed by atoms with Gasteiger partial charge in [0.05, 0.1) is 0 Å². The molecule has 6 nitrogen and oxygen atoms in total. The van der Waals surface area contributed by atoms with Gasteiger partial charge < -0.3 is 15.3 Å². The average Bonchev–Trinajstić information content (AvgIpc) is 3.11. The van der Waals surface area contributed by atoms with Crippen LogP contribution in [0.15, 0.2) is 66.7 Å². The Kier molecular flexibility index (Phi) is 4.38. The number of aromatic hydroxyl groups is 1. The van der Waals surface area contributed by atoms with Gasteiger partial charge in [0.15, 0.2) is 0 Å². The first kappa shape index (κ1) is 16.9. The van der Waals surface area contributed by atoms with E-state index in [-0.39, 0.29) is 5.75 Å². The lowest BCUT2D eigenvalue weighted by atomic mass is 10.2. The first-order valence-corrected chi connectivity index (χ1v) is 8.76. The molecular formula is C21H21N5O. The van der Waals surface area contributed by atoms with E-state index in [1.165, 1.54) is 4.80 Å². The van der Waals surface area contributed by atoms with Crippen molar-refractivity contribution in [3.8, 4) is 11.4 Å². The molecule has 3 aromatic carbocycles. The molecule has 0 spiro atoms. The minimum Gasteiger partial charge on any atom is -0.506 e. The summed E-state index contributed by atoms with van der Waals surface area (Å²) in [5, 5.41) is 22.6. The summed E-state index contributed by atoms with van der Waals surface area (Å²) in [5.41, 5.74) is 5.37. The van der Waals surface area contributed by atoms with Gasteiger partial charge in [-0.15, -0.1) is 15.0 Å². The lowest BCUT2D eigenvalue weighted by Gasteiger charge is -2.13. The molecule has 0 fully saturated rings. The highest BCUT2D eigenvalue weighted by Gasteiger charge is 2.09. The number of hydrogen-bond donors (Lipinski definition) is 2. The number of benzene rings is 3. The zero-order chi connectivity index (χ0) is 18.8. The van der Waals surface area contributed by atoms with Gasteiger partial charge >= 0.3 is 0 Å². The fourth-order valence-corrected chi connectivity index (χ4v) is 2.89. The van der Waals surface area contributed by atoms with Crippen LogP contribution in [0.25, 0.3) is 16.7 Å². The van der Waals surface area contributed by atoms with Crippen LogP contribution in [0.2, 0.25) is 0 Å². The second-order valence-corrected chi connectivity index (χ2v) is 6.60. The molecular weight excluding hydrogens is 338 g/mol. The Hall–Kier alpha value is -3.54. The first-order valence-electron chi connectivity index (χ1n) is 8.76. The van der Waals surface area contributed by atoms with Crippen molar-refractivity contribution in [2.75, 3.05) is 24.3 Å². The van der Waals surface area contributed by atoms with Crippen LogP contribution < -0.4 is 10.2 Å². The van der Waals surface area contributed by atoms with Gasteiger partial charge in [0.1, 0.15) is 22.5 Å². The number of nitrogens with zero attached hydrogens (tertiary/aromatic N) is 4. The maximum Gasteiger partial charge on any atom is 0.143 e. The van der Waals surface area contributed by atoms with Crippen LogP contribution in [0.5, 0.6) is 5.75 Å². The van der Waals surface area contributed by atoms with Gasteiger partial charge in [0.25, 0.3) is 0 Å². The van der Waals surface area contributed by atoms with Crippen molar-refractivity contribution in [3.63, 3.8) is 0 Å². The topological polar surface area (TPSA) is 66.2 Å². The molecule has 2 N–H and O–H groups in total. The molecule has 0 atom stereocenters. The normalized spacial score (nSPS) is 10.9. The van der Waals surface area contributed by atoms with E-state index in [0.29, 0.717) is 12.2 Å². The lowest BCUT2D eigenvalue weighted by molar-refractivity contribution is 0.467. The van der Waals surface area contributed by atoms with E-state index in [1.54, 1.807) is 6.07 Å². The number of rotatable bonds is 5. The van der Waals surface area contributed by atoms with Crippen LogP contribution in [0.4, 0.5) is 11.4 Å². The van der Waals surface area contributed by atoms with Crippen molar-refractivity contribution >= 4 is 22.4 Å². The summed E-state index contributed by atoms with van der Waals surface area (Å²) in [6, 6.07) is 21.4. The van der Waals surface area contributed by atoms with E-state index in [0.717, 1.165) is 28.0 Å². The van der Waals surface area contributed by atoms with E-state index >= 15 is 0 Å². The second kappa shape index (κ2) is 6.99. The fraction of sp³-hybridized carbons (Fsp3) is 0.143. The lowest BCUT2D eigenvalue weighted by Crippen LogP contribution is -2.08. The van der Waals surface area contributed by atoms with Crippen molar-refractivity contribution in [3.05, 3.63) is 72.3 Å². The third-order valence-corrected chi connectivity index (χ3v) is 4.42. The Bertz CT molecular complexity index is 1040. The van der Waals surface area contributed by atoms with Gasteiger partial charge in [0.2, 0.25) is 0 Å². The number of anilines is 2. The summed E-state index contributed by atoms with van der Waals surface area (Å²) in [4.78, 5) is 3.55. The molecule has 0 amide bonds. The van der Waals surface area contributed by atoms with E-state index in [2.05, 4.69) is 44.7 Å². The van der Waals surface area contributed by atoms with Crippen molar-refractivity contribution in [1.29, 1.82) is 0 Å². The van der Waals surface area contributed by atoms with Crippen molar-refractivity contribution in [2.24, 2.45) is 0 Å². The molecule has 1 heterocycles. The molecule has 0 saturated heterocycles. The summed E-state index contributed by atoms with van der Waals surface area (Å²) < 4.78 is 0. The SMILES string of the molecule is CN(C)c1ccc(NCc2ccc(O)c(-n3nc4ccccc4n3)c2)cc1. The highest BCUT2D eigenvalue weighted by Crippen LogP contribution is 2.24. The summed E-state index contributed by atoms with van der Waals surface area (Å²) in [6.07, 6.45) is 0. The summed E-state index contributed by atoms with van der Waals surface area (Å²) in [7, 11) is 4.04. The molecule has 0 aliphatic rings. The predicted molar refractivity (Wildman–Crippen MR) is 109 cm³/mol. The molecule has 0 aliphatic carbocycles. The van der Waals surface area contributed by atoms with Gasteiger partial charge in [-0.25, -0.2) is 0 Å². The van der Waals surface area contributed by atoms with Gasteiger partial charge in [-0.05, 0) is 54.1 Å². The highest BCUT2D eigenvalue weighted by atomic mass is 16.3. The minimum absolute atomic E-state index is 0.148. The second-order valence-electron chi connectivity index (χ2n) is 6.60. The standard InChI is InChI=1S/C21H21N5O/c1-25(2)17-10-8-16(9-11-17)22-14-15-7-12-21(27)20(13-15)26-23-18-5-3-4-6-19(18)24-26/h3-13,22,27H,14H2,1-2H3. The Morgan fingerprint density at radius 2 is 1.59 bits per heavy atom. The zero-order valence-corrected chi connectivity index (χ0v) is 15.3. The monoisotopic (exact) mass is 359 g/mol. The average molecular weight is 359 g/mol. The van der Waals surface area contributed by atoms with E-state index in [9.17, 15) is 5.11 Å². The van der Waals surface area contributed by atoms with Crippen LogP contribution in [-0.2, 0) is 6.54 Å². The Morgan fingerprint density at radius 3 is 2.22 bits per heavy atom. The quantitative estimate of drug-likeness (QED) is 0.567. The maximum absolute atomic E-state index is 10.3. The van der Waals surface area contributed by atoms with E-state index in [4.69, 9.17) is 0 Å². The van der Waals surface area contributed by atoms with Gasteiger partial charge in [0, 0.05) is 32.0 Å². The Morgan fingerprint density at radius 1 is 0.926 bits per heavy atom. The molecule has 0 bridgehead atoms. The van der Waals surface area contributed by atoms with Gasteiger partial charge in [-0.3, -0.25) is 0 Å². The fourth-order valence-electron chi connectivity index (χ4n) is 2.89. The number of nitrogens with one attached hydrogen (secondary N) is 1. The van der Waals surface area contributed by atoms with Gasteiger partial charge in [-0.2, -0.15) is 0 Å². The van der Waals surface area contributed by atoms with E-state index < -0.39 is 0 Å². The molecule has 4 aromatic rings. The van der Waals surface area contributed by atoms with Crippen LogP contribution in [0, 0.1) is 0 Å². The van der Waals surface area contributed by atoms with E-state index in [1.807, 2.05) is 50.5 Å². The van der Waals surface area contributed by atoms with Crippen LogP contribution >= 0.6 is 0 Å². The van der Waals surface area contributed by atoms with Crippen molar-refractivity contribution < 1.29 is 5.11 Å². The number of hydrogen-bond acceptors (Lipinski definition) is 5. The Labute approximate surface area is 157 Å². The Balaban J connectivity index is 1.55. The maximum atomic E-state index is 10.3. The smallest absolute Gasteiger partial charge is 0.143 e. The van der Waals surface area contributed by atoms with Crippen LogP contribution in [-0.4, -0.2) is 34.2 Å². The highest BCUT2D eigenvalue weighted by molar-refractivity contribution is 5.73. The third kappa shape index (κ3) is 3.55. The molecule has 27 heavy (non-hydrogen) atoms. The van der Waals surface area contributed by atoms with Gasteiger partial charge in [-0.1, -0.05) is 18.2 Å². The largest absolute Gasteiger partial charge is 0.506 e. The first-order chi connectivity index (χ1) is 13.1. The molecule has 6 heteroatoms. The van der Waals surface area contributed by atoms with Crippen molar-refractivity contribution in [1.82, 2.24) is 15.0 Å². The minimum atomic E-state index is 0.148. The number of fused-ring (bicyclic) bond motifs is 1. The van der Waals surface area contributed by atoms with Crippen molar-refractivity contribution in [2.45, 2.75) is 6.54 Å². The number of aromatic nitrogens is 3. The predicted octanol–water partition coefficient (Wildman–Crippen LogP) is 3.80.